The number of amides is 1. The molecule has 1 atom stereocenters. The number of carbonyl (C=O) groups excluding carboxylic acids is 1. The maximum Gasteiger partial charge on any atom is 0.219 e. The Bertz CT molecular complexity index is 1130. The van der Waals surface area contributed by atoms with Crippen LogP contribution < -0.4 is 0 Å². The molecule has 1 N–H and O–H groups in total. The van der Waals surface area contributed by atoms with Gasteiger partial charge in [-0.25, -0.2) is 0 Å². The molecule has 0 saturated carbocycles. The lowest BCUT2D eigenvalue weighted by atomic mass is 9.82. The molecule has 32 heavy (non-hydrogen) atoms. The summed E-state index contributed by atoms with van der Waals surface area (Å²) in [7, 11) is 0. The van der Waals surface area contributed by atoms with Crippen LogP contribution in [0.25, 0.3) is 0 Å². The van der Waals surface area contributed by atoms with E-state index in [1.807, 2.05) is 30.0 Å². The summed E-state index contributed by atoms with van der Waals surface area (Å²) in [4.78, 5) is 17.6. The predicted molar refractivity (Wildman–Crippen MR) is 126 cm³/mol. The zero-order chi connectivity index (χ0) is 22.7. The van der Waals surface area contributed by atoms with Crippen LogP contribution in [-0.4, -0.2) is 39.8 Å². The molecule has 1 amide bonds. The first kappa shape index (κ1) is 21.8. The second kappa shape index (κ2) is 9.35. The van der Waals surface area contributed by atoms with Crippen molar-refractivity contribution in [1.29, 1.82) is 0 Å². The highest BCUT2D eigenvalue weighted by Crippen LogP contribution is 2.34. The largest absolute Gasteiger partial charge is 0.411 e. The van der Waals surface area contributed by atoms with E-state index in [4.69, 9.17) is 0 Å². The summed E-state index contributed by atoms with van der Waals surface area (Å²) < 4.78 is 0. The fourth-order valence-electron chi connectivity index (χ4n) is 4.47. The number of aromatic nitrogens is 1. The number of carbonyl (C=O) groups is 1. The molecule has 164 valence electrons. The molecule has 5 nitrogen and oxygen atoms in total. The Morgan fingerprint density at radius 2 is 1.84 bits per heavy atom. The van der Waals surface area contributed by atoms with E-state index in [2.05, 4.69) is 59.5 Å². The van der Waals surface area contributed by atoms with Crippen molar-refractivity contribution < 1.29 is 10.0 Å². The minimum absolute atomic E-state index is 0.0553. The van der Waals surface area contributed by atoms with E-state index < -0.39 is 0 Å². The first-order chi connectivity index (χ1) is 15.5. The molecule has 4 rings (SSSR count). The molecule has 2 heterocycles. The van der Waals surface area contributed by atoms with Crippen molar-refractivity contribution in [3.8, 4) is 0 Å². The van der Waals surface area contributed by atoms with Crippen LogP contribution in [0, 0.1) is 13.8 Å². The third-order valence-electron chi connectivity index (χ3n) is 6.45. The molecule has 2 aromatic carbocycles. The number of pyridine rings is 1. The molecule has 1 saturated heterocycles. The maximum atomic E-state index is 11.5. The number of aryl methyl sites for hydroxylation is 2. The molecule has 0 aliphatic carbocycles. The topological polar surface area (TPSA) is 65.8 Å². The fraction of sp³-hybridized carbons (Fsp3) is 0.296. The van der Waals surface area contributed by atoms with Crippen molar-refractivity contribution in [3.05, 3.63) is 100 Å². The van der Waals surface area contributed by atoms with Gasteiger partial charge < -0.3 is 10.1 Å². The molecule has 1 unspecified atom stereocenters. The molecule has 1 aromatic heterocycles. The van der Waals surface area contributed by atoms with E-state index in [1.165, 1.54) is 22.3 Å². The van der Waals surface area contributed by atoms with Crippen LogP contribution in [0.2, 0.25) is 0 Å². The van der Waals surface area contributed by atoms with Gasteiger partial charge in [-0.1, -0.05) is 53.7 Å². The fourth-order valence-corrected chi connectivity index (χ4v) is 4.47. The van der Waals surface area contributed by atoms with Crippen LogP contribution in [0.5, 0.6) is 0 Å². The number of hydrogen-bond acceptors (Lipinski definition) is 4. The Labute approximate surface area is 189 Å². The molecule has 0 radical (unpaired) electrons. The number of likely N-dealkylation sites (tertiary alicyclic amines) is 1. The summed E-state index contributed by atoms with van der Waals surface area (Å²) in [5.41, 5.74) is 7.28. The minimum atomic E-state index is 0.0553. The SMILES string of the molecule is CC(=O)N1CC(c2ccc(C(CC(=NO)c3ccnc(C)c3)c3ccccc3C)cc2)C1. The molecular weight excluding hydrogens is 398 g/mol. The van der Waals surface area contributed by atoms with E-state index in [1.54, 1.807) is 13.1 Å². The molecule has 1 fully saturated rings. The number of nitrogens with zero attached hydrogens (tertiary/aromatic N) is 3. The van der Waals surface area contributed by atoms with Crippen LogP contribution in [-0.2, 0) is 4.79 Å². The first-order valence-electron chi connectivity index (χ1n) is 11.0. The Hall–Kier alpha value is -3.47. The summed E-state index contributed by atoms with van der Waals surface area (Å²) in [5, 5.41) is 13.5. The lowest BCUT2D eigenvalue weighted by molar-refractivity contribution is -0.133. The van der Waals surface area contributed by atoms with Crippen LogP contribution in [0.3, 0.4) is 0 Å². The Kier molecular flexibility index (Phi) is 6.35. The number of hydrogen-bond donors (Lipinski definition) is 1. The lowest BCUT2D eigenvalue weighted by Gasteiger charge is -2.39. The predicted octanol–water partition coefficient (Wildman–Crippen LogP) is 5.04. The highest BCUT2D eigenvalue weighted by molar-refractivity contribution is 6.01. The van der Waals surface area contributed by atoms with Gasteiger partial charge in [-0.05, 0) is 48.2 Å². The van der Waals surface area contributed by atoms with Crippen LogP contribution in [0.15, 0.2) is 72.0 Å². The first-order valence-corrected chi connectivity index (χ1v) is 11.0. The quantitative estimate of drug-likeness (QED) is 0.340. The van der Waals surface area contributed by atoms with Crippen LogP contribution >= 0.6 is 0 Å². The van der Waals surface area contributed by atoms with Crippen molar-refractivity contribution in [3.63, 3.8) is 0 Å². The summed E-state index contributed by atoms with van der Waals surface area (Å²) in [6.45, 7) is 7.26. The van der Waals surface area contributed by atoms with Crippen molar-refractivity contribution in [1.82, 2.24) is 9.88 Å². The van der Waals surface area contributed by atoms with E-state index in [-0.39, 0.29) is 11.8 Å². The number of oxime groups is 1. The van der Waals surface area contributed by atoms with Crippen molar-refractivity contribution in [2.24, 2.45) is 5.16 Å². The van der Waals surface area contributed by atoms with Crippen molar-refractivity contribution in [2.75, 3.05) is 13.1 Å². The number of benzene rings is 2. The van der Waals surface area contributed by atoms with Crippen LogP contribution in [0.1, 0.15) is 58.7 Å². The van der Waals surface area contributed by atoms with Gasteiger partial charge in [0.25, 0.3) is 0 Å². The average molecular weight is 428 g/mol. The summed E-state index contributed by atoms with van der Waals surface area (Å²) in [6, 6.07) is 20.9. The van der Waals surface area contributed by atoms with Gasteiger partial charge >= 0.3 is 0 Å². The molecule has 1 aliphatic heterocycles. The maximum absolute atomic E-state index is 11.5. The van der Waals surface area contributed by atoms with E-state index >= 15 is 0 Å². The average Bonchev–Trinajstić information content (AvgIpc) is 2.75. The third-order valence-corrected chi connectivity index (χ3v) is 6.45. The van der Waals surface area contributed by atoms with Gasteiger partial charge in [-0.3, -0.25) is 9.78 Å². The Morgan fingerprint density at radius 3 is 2.47 bits per heavy atom. The van der Waals surface area contributed by atoms with Gasteiger partial charge in [0.2, 0.25) is 5.91 Å². The summed E-state index contributed by atoms with van der Waals surface area (Å²) in [6.07, 6.45) is 2.32. The highest BCUT2D eigenvalue weighted by atomic mass is 16.4. The minimum Gasteiger partial charge on any atom is -0.411 e. The zero-order valence-corrected chi connectivity index (χ0v) is 18.8. The second-order valence-electron chi connectivity index (χ2n) is 8.63. The molecular formula is C27H29N3O2. The third kappa shape index (κ3) is 4.57. The summed E-state index contributed by atoms with van der Waals surface area (Å²) >= 11 is 0. The molecule has 0 spiro atoms. The lowest BCUT2D eigenvalue weighted by Crippen LogP contribution is -2.47. The zero-order valence-electron chi connectivity index (χ0n) is 18.8. The summed E-state index contributed by atoms with van der Waals surface area (Å²) in [5.74, 6) is 0.596. The van der Waals surface area contributed by atoms with E-state index in [0.717, 1.165) is 24.3 Å². The van der Waals surface area contributed by atoms with Crippen molar-refractivity contribution in [2.45, 2.75) is 39.0 Å². The highest BCUT2D eigenvalue weighted by Gasteiger charge is 2.30. The van der Waals surface area contributed by atoms with Gasteiger partial charge in [0.05, 0.1) is 5.71 Å². The molecule has 3 aromatic rings. The molecule has 0 bridgehead atoms. The van der Waals surface area contributed by atoms with E-state index in [9.17, 15) is 10.0 Å². The smallest absolute Gasteiger partial charge is 0.219 e. The Morgan fingerprint density at radius 1 is 1.12 bits per heavy atom. The van der Waals surface area contributed by atoms with Crippen molar-refractivity contribution >= 4 is 11.6 Å². The normalized spacial score (nSPS) is 15.3. The van der Waals surface area contributed by atoms with Gasteiger partial charge in [-0.15, -0.1) is 0 Å². The van der Waals surface area contributed by atoms with Gasteiger partial charge in [0.15, 0.2) is 0 Å². The molecule has 5 heteroatoms. The van der Waals surface area contributed by atoms with Gasteiger partial charge in [0.1, 0.15) is 0 Å². The van der Waals surface area contributed by atoms with E-state index in [0.29, 0.717) is 18.1 Å². The standard InChI is InChI=1S/C27H29N3O2/c1-18-6-4-5-7-25(18)26(15-27(29-32)23-12-13-28-19(2)14-23)22-10-8-21(9-11-22)24-16-30(17-24)20(3)31/h4-14,24,26,32H,15-17H2,1-3H3. The molecule has 1 aliphatic rings. The van der Waals surface area contributed by atoms with Crippen LogP contribution in [0.4, 0.5) is 0 Å². The van der Waals surface area contributed by atoms with Gasteiger partial charge in [0, 0.05) is 55.7 Å². The number of rotatable bonds is 6. The van der Waals surface area contributed by atoms with Gasteiger partial charge in [-0.2, -0.15) is 0 Å². The second-order valence-corrected chi connectivity index (χ2v) is 8.63. The Balaban J connectivity index is 1.63. The monoisotopic (exact) mass is 427 g/mol.